The topological polar surface area (TPSA) is 45.9 Å². The summed E-state index contributed by atoms with van der Waals surface area (Å²) in [7, 11) is 0. The lowest BCUT2D eigenvalue weighted by Crippen LogP contribution is -1.97. The van der Waals surface area contributed by atoms with E-state index in [2.05, 4.69) is 11.1 Å². The minimum atomic E-state index is 0.354. The highest BCUT2D eigenvalue weighted by Gasteiger charge is 1.98. The largest absolute Gasteiger partial charge is 0.487 e. The van der Waals surface area contributed by atoms with Gasteiger partial charge < -0.3 is 4.74 Å². The van der Waals surface area contributed by atoms with Crippen LogP contribution in [0.1, 0.15) is 11.3 Å². The molecule has 0 saturated heterocycles. The van der Waals surface area contributed by atoms with Crippen molar-refractivity contribution in [1.29, 1.82) is 5.26 Å². The van der Waals surface area contributed by atoms with Crippen LogP contribution in [0, 0.1) is 11.3 Å². The second-order valence-electron chi connectivity index (χ2n) is 3.38. The van der Waals surface area contributed by atoms with Crippen LogP contribution in [-0.4, -0.2) is 4.98 Å². The van der Waals surface area contributed by atoms with Crippen LogP contribution in [-0.2, 0) is 6.61 Å². The van der Waals surface area contributed by atoms with Gasteiger partial charge in [0.1, 0.15) is 17.5 Å². The summed E-state index contributed by atoms with van der Waals surface area (Å²) in [6.45, 7) is 0.354. The van der Waals surface area contributed by atoms with Gasteiger partial charge in [0, 0.05) is 0 Å². The standard InChI is InChI=1S/C13H9ClN2O/c14-13-3-1-2-11(16-13)9-17-12-6-4-10(8-15)5-7-12/h1-7H,9H2. The Bertz CT molecular complexity index is 546. The monoisotopic (exact) mass is 244 g/mol. The Balaban J connectivity index is 2.00. The molecule has 1 heterocycles. The molecule has 0 atom stereocenters. The molecule has 0 saturated carbocycles. The van der Waals surface area contributed by atoms with Crippen LogP contribution >= 0.6 is 11.6 Å². The molecule has 0 aliphatic carbocycles. The van der Waals surface area contributed by atoms with Crippen molar-refractivity contribution in [2.75, 3.05) is 0 Å². The highest BCUT2D eigenvalue weighted by Crippen LogP contribution is 2.14. The predicted molar refractivity (Wildman–Crippen MR) is 64.7 cm³/mol. The van der Waals surface area contributed by atoms with Gasteiger partial charge in [0.15, 0.2) is 0 Å². The summed E-state index contributed by atoms with van der Waals surface area (Å²) in [5.74, 6) is 0.700. The van der Waals surface area contributed by atoms with E-state index in [-0.39, 0.29) is 0 Å². The summed E-state index contributed by atoms with van der Waals surface area (Å²) in [5, 5.41) is 9.10. The molecule has 0 radical (unpaired) electrons. The Morgan fingerprint density at radius 3 is 2.59 bits per heavy atom. The summed E-state index contributed by atoms with van der Waals surface area (Å²) in [5.41, 5.74) is 1.38. The summed E-state index contributed by atoms with van der Waals surface area (Å²) in [6.07, 6.45) is 0. The van der Waals surface area contributed by atoms with Gasteiger partial charge in [-0.15, -0.1) is 0 Å². The first-order valence-corrected chi connectivity index (χ1v) is 5.40. The predicted octanol–water partition coefficient (Wildman–Crippen LogP) is 3.19. The van der Waals surface area contributed by atoms with E-state index in [0.29, 0.717) is 23.1 Å². The number of hydrogen-bond donors (Lipinski definition) is 0. The fourth-order valence-electron chi connectivity index (χ4n) is 1.31. The first kappa shape index (κ1) is 11.4. The zero-order chi connectivity index (χ0) is 12.1. The van der Waals surface area contributed by atoms with Gasteiger partial charge in [0.05, 0.1) is 17.3 Å². The number of ether oxygens (including phenoxy) is 1. The highest BCUT2D eigenvalue weighted by atomic mass is 35.5. The van der Waals surface area contributed by atoms with E-state index in [4.69, 9.17) is 21.6 Å². The lowest BCUT2D eigenvalue weighted by atomic mass is 10.2. The van der Waals surface area contributed by atoms with E-state index < -0.39 is 0 Å². The Kier molecular flexibility index (Phi) is 3.59. The molecule has 1 aromatic carbocycles. The van der Waals surface area contributed by atoms with E-state index in [1.807, 2.05) is 12.1 Å². The molecular formula is C13H9ClN2O. The molecule has 2 aromatic rings. The van der Waals surface area contributed by atoms with Crippen molar-refractivity contribution in [3.63, 3.8) is 0 Å². The zero-order valence-electron chi connectivity index (χ0n) is 8.93. The van der Waals surface area contributed by atoms with Crippen molar-refractivity contribution in [3.8, 4) is 11.8 Å². The van der Waals surface area contributed by atoms with Crippen LogP contribution in [0.15, 0.2) is 42.5 Å². The van der Waals surface area contributed by atoms with E-state index in [1.165, 1.54) is 0 Å². The van der Waals surface area contributed by atoms with Gasteiger partial charge in [0.2, 0.25) is 0 Å². The molecule has 3 nitrogen and oxygen atoms in total. The van der Waals surface area contributed by atoms with E-state index in [1.54, 1.807) is 30.3 Å². The second kappa shape index (κ2) is 5.33. The van der Waals surface area contributed by atoms with Crippen molar-refractivity contribution in [3.05, 3.63) is 58.9 Å². The molecule has 17 heavy (non-hydrogen) atoms. The number of aromatic nitrogens is 1. The van der Waals surface area contributed by atoms with Crippen LogP contribution in [0.25, 0.3) is 0 Å². The first-order chi connectivity index (χ1) is 8.28. The molecule has 2 rings (SSSR count). The first-order valence-electron chi connectivity index (χ1n) is 5.02. The van der Waals surface area contributed by atoms with Gasteiger partial charge in [-0.25, -0.2) is 4.98 Å². The van der Waals surface area contributed by atoms with Gasteiger partial charge in [-0.05, 0) is 36.4 Å². The van der Waals surface area contributed by atoms with Gasteiger partial charge in [0.25, 0.3) is 0 Å². The maximum atomic E-state index is 8.65. The van der Waals surface area contributed by atoms with Crippen molar-refractivity contribution in [2.24, 2.45) is 0 Å². The third-order valence-corrected chi connectivity index (χ3v) is 2.35. The van der Waals surface area contributed by atoms with Gasteiger partial charge in [-0.3, -0.25) is 0 Å². The van der Waals surface area contributed by atoms with Gasteiger partial charge in [-0.1, -0.05) is 17.7 Å². The molecule has 0 unspecified atom stereocenters. The number of nitrogens with zero attached hydrogens (tertiary/aromatic N) is 2. The molecule has 4 heteroatoms. The third-order valence-electron chi connectivity index (χ3n) is 2.14. The van der Waals surface area contributed by atoms with Crippen LogP contribution in [0.5, 0.6) is 5.75 Å². The molecule has 0 fully saturated rings. The molecule has 0 aliphatic heterocycles. The molecule has 0 bridgehead atoms. The number of pyridine rings is 1. The van der Waals surface area contributed by atoms with Crippen molar-refractivity contribution < 1.29 is 4.74 Å². The average molecular weight is 245 g/mol. The van der Waals surface area contributed by atoms with Gasteiger partial charge >= 0.3 is 0 Å². The quantitative estimate of drug-likeness (QED) is 0.779. The third kappa shape index (κ3) is 3.20. The molecule has 84 valence electrons. The SMILES string of the molecule is N#Cc1ccc(OCc2cccc(Cl)n2)cc1. The normalized spacial score (nSPS) is 9.65. The lowest BCUT2D eigenvalue weighted by molar-refractivity contribution is 0.301. The average Bonchev–Trinajstić information content (AvgIpc) is 2.37. The molecule has 0 amide bonds. The van der Waals surface area contributed by atoms with E-state index in [0.717, 1.165) is 5.69 Å². The summed E-state index contributed by atoms with van der Waals surface area (Å²) >= 11 is 5.76. The van der Waals surface area contributed by atoms with Gasteiger partial charge in [-0.2, -0.15) is 5.26 Å². The van der Waals surface area contributed by atoms with E-state index in [9.17, 15) is 0 Å². The number of nitriles is 1. The van der Waals surface area contributed by atoms with Crippen molar-refractivity contribution in [2.45, 2.75) is 6.61 Å². The molecule has 0 aliphatic rings. The second-order valence-corrected chi connectivity index (χ2v) is 3.76. The molecular weight excluding hydrogens is 236 g/mol. The van der Waals surface area contributed by atoms with Crippen molar-refractivity contribution >= 4 is 11.6 Å². The Labute approximate surface area is 104 Å². The number of benzene rings is 1. The summed E-state index contributed by atoms with van der Waals surface area (Å²) in [6, 6.07) is 14.4. The molecule has 1 aromatic heterocycles. The van der Waals surface area contributed by atoms with Crippen LogP contribution in [0.2, 0.25) is 5.15 Å². The molecule has 0 spiro atoms. The molecule has 0 N–H and O–H groups in total. The smallest absolute Gasteiger partial charge is 0.130 e. The minimum Gasteiger partial charge on any atom is -0.487 e. The maximum Gasteiger partial charge on any atom is 0.130 e. The summed E-state index contributed by atoms with van der Waals surface area (Å²) in [4.78, 5) is 4.11. The Hall–Kier alpha value is -2.05. The van der Waals surface area contributed by atoms with E-state index >= 15 is 0 Å². The lowest BCUT2D eigenvalue weighted by Gasteiger charge is -2.05. The Morgan fingerprint density at radius 1 is 1.18 bits per heavy atom. The zero-order valence-corrected chi connectivity index (χ0v) is 9.69. The number of rotatable bonds is 3. The van der Waals surface area contributed by atoms with Crippen LogP contribution in [0.4, 0.5) is 0 Å². The number of halogens is 1. The van der Waals surface area contributed by atoms with Crippen LogP contribution < -0.4 is 4.74 Å². The van der Waals surface area contributed by atoms with Crippen LogP contribution in [0.3, 0.4) is 0 Å². The fraction of sp³-hybridized carbons (Fsp3) is 0.0769. The maximum absolute atomic E-state index is 8.65. The highest BCUT2D eigenvalue weighted by molar-refractivity contribution is 6.29. The summed E-state index contributed by atoms with van der Waals surface area (Å²) < 4.78 is 5.52. The Morgan fingerprint density at radius 2 is 1.94 bits per heavy atom. The minimum absolute atomic E-state index is 0.354. The number of hydrogen-bond acceptors (Lipinski definition) is 3. The fourth-order valence-corrected chi connectivity index (χ4v) is 1.49. The van der Waals surface area contributed by atoms with Crippen molar-refractivity contribution in [1.82, 2.24) is 4.98 Å².